The maximum atomic E-state index is 13.9. The van der Waals surface area contributed by atoms with Crippen molar-refractivity contribution in [3.63, 3.8) is 0 Å². The first-order valence-corrected chi connectivity index (χ1v) is 8.30. The number of benzene rings is 1. The van der Waals surface area contributed by atoms with E-state index >= 15 is 0 Å². The van der Waals surface area contributed by atoms with Crippen LogP contribution in [-0.4, -0.2) is 37.6 Å². The number of sulfonamides is 1. The average Bonchev–Trinajstić information content (AvgIpc) is 2.50. The van der Waals surface area contributed by atoms with E-state index in [1.54, 1.807) is 6.92 Å². The molecule has 0 heterocycles. The number of carboxylic acids is 1. The van der Waals surface area contributed by atoms with E-state index in [-0.39, 0.29) is 0 Å². The number of nitrogens with one attached hydrogen (secondary N) is 1. The molecule has 24 heavy (non-hydrogen) atoms. The molecule has 1 aromatic rings. The zero-order valence-corrected chi connectivity index (χ0v) is 14.0. The number of hydrogen-bond donors (Lipinski definition) is 2. The zero-order chi connectivity index (χ0) is 18.7. The molecule has 0 aliphatic heterocycles. The van der Waals surface area contributed by atoms with Gasteiger partial charge in [-0.05, 0) is 12.0 Å². The number of carbonyl (C=O) groups is 1. The van der Waals surface area contributed by atoms with E-state index in [0.717, 1.165) is 7.11 Å². The summed E-state index contributed by atoms with van der Waals surface area (Å²) in [6.45, 7) is 3.20. The molecule has 0 aliphatic carbocycles. The van der Waals surface area contributed by atoms with Gasteiger partial charge in [-0.2, -0.15) is 4.72 Å². The average molecular weight is 364 g/mol. The van der Waals surface area contributed by atoms with Crippen LogP contribution in [0.4, 0.5) is 10.1 Å². The van der Waals surface area contributed by atoms with Crippen molar-refractivity contribution in [3.8, 4) is 5.75 Å². The predicted molar refractivity (Wildman–Crippen MR) is 80.8 cm³/mol. The lowest BCUT2D eigenvalue weighted by molar-refractivity contribution is -0.386. The van der Waals surface area contributed by atoms with Crippen molar-refractivity contribution >= 4 is 21.7 Å². The van der Waals surface area contributed by atoms with Crippen LogP contribution in [0.25, 0.3) is 0 Å². The Kier molecular flexibility index (Phi) is 6.21. The van der Waals surface area contributed by atoms with Crippen molar-refractivity contribution in [3.05, 3.63) is 28.1 Å². The van der Waals surface area contributed by atoms with Gasteiger partial charge in [-0.25, -0.2) is 12.8 Å². The third-order valence-electron chi connectivity index (χ3n) is 3.47. The van der Waals surface area contributed by atoms with Crippen LogP contribution in [-0.2, 0) is 14.8 Å². The molecule has 0 saturated heterocycles. The highest BCUT2D eigenvalue weighted by Crippen LogP contribution is 2.32. The minimum Gasteiger partial charge on any atom is -0.488 e. The summed E-state index contributed by atoms with van der Waals surface area (Å²) in [6, 6.07) is -0.312. The number of rotatable bonds is 8. The summed E-state index contributed by atoms with van der Waals surface area (Å²) in [7, 11) is -3.49. The molecule has 0 amide bonds. The van der Waals surface area contributed by atoms with E-state index in [1.807, 2.05) is 4.72 Å². The lowest BCUT2D eigenvalue weighted by atomic mass is 10.0. The fourth-order valence-corrected chi connectivity index (χ4v) is 3.26. The van der Waals surface area contributed by atoms with Crippen LogP contribution in [0.5, 0.6) is 5.75 Å². The Bertz CT molecular complexity index is 751. The van der Waals surface area contributed by atoms with Gasteiger partial charge in [0.15, 0.2) is 5.82 Å². The van der Waals surface area contributed by atoms with Crippen molar-refractivity contribution < 1.29 is 32.4 Å². The summed E-state index contributed by atoms with van der Waals surface area (Å²) < 4.78 is 45.0. The van der Waals surface area contributed by atoms with E-state index < -0.39 is 55.0 Å². The molecule has 0 spiro atoms. The Morgan fingerprint density at radius 1 is 1.50 bits per heavy atom. The largest absolute Gasteiger partial charge is 0.488 e. The lowest BCUT2D eigenvalue weighted by Gasteiger charge is -2.20. The number of nitrogens with zero attached hydrogens (tertiary/aromatic N) is 1. The van der Waals surface area contributed by atoms with Crippen molar-refractivity contribution in [1.29, 1.82) is 0 Å². The molecule has 0 unspecified atom stereocenters. The van der Waals surface area contributed by atoms with Crippen LogP contribution < -0.4 is 9.46 Å². The van der Waals surface area contributed by atoms with Gasteiger partial charge >= 0.3 is 11.7 Å². The number of carboxylic acid groups (broad SMARTS) is 1. The van der Waals surface area contributed by atoms with Crippen molar-refractivity contribution in [1.82, 2.24) is 4.72 Å². The fraction of sp³-hybridized carbons (Fsp3) is 0.462. The molecule has 0 saturated carbocycles. The Balaban J connectivity index is 3.38. The molecule has 0 aliphatic rings. The second kappa shape index (κ2) is 7.53. The van der Waals surface area contributed by atoms with Crippen molar-refractivity contribution in [2.75, 3.05) is 7.11 Å². The van der Waals surface area contributed by atoms with E-state index in [0.29, 0.717) is 18.6 Å². The van der Waals surface area contributed by atoms with E-state index in [1.165, 1.54) is 6.92 Å². The SMILES string of the molecule is CC[C@H](C)[C@H](NS(=O)(=O)c1cc(F)c(OC)c([N+](=O)[O-])c1)C(=O)O. The molecule has 0 aromatic heterocycles. The zero-order valence-electron chi connectivity index (χ0n) is 13.1. The molecule has 11 heteroatoms. The number of hydrogen-bond acceptors (Lipinski definition) is 6. The van der Waals surface area contributed by atoms with Gasteiger partial charge in [0.1, 0.15) is 6.04 Å². The van der Waals surface area contributed by atoms with Gasteiger partial charge in [0.05, 0.1) is 16.9 Å². The molecule has 1 aromatic carbocycles. The summed E-state index contributed by atoms with van der Waals surface area (Å²) in [5.41, 5.74) is -0.881. The number of ether oxygens (including phenoxy) is 1. The van der Waals surface area contributed by atoms with Gasteiger partial charge in [-0.3, -0.25) is 14.9 Å². The van der Waals surface area contributed by atoms with Crippen LogP contribution >= 0.6 is 0 Å². The van der Waals surface area contributed by atoms with Gasteiger partial charge in [0.25, 0.3) is 0 Å². The summed E-state index contributed by atoms with van der Waals surface area (Å²) in [5, 5.41) is 20.1. The minimum absolute atomic E-state index is 0.372. The van der Waals surface area contributed by atoms with E-state index in [4.69, 9.17) is 5.11 Å². The minimum atomic E-state index is -4.49. The number of nitro benzene ring substituents is 1. The maximum Gasteiger partial charge on any atom is 0.322 e. The summed E-state index contributed by atoms with van der Waals surface area (Å²) in [4.78, 5) is 20.4. The van der Waals surface area contributed by atoms with Gasteiger partial charge in [-0.15, -0.1) is 0 Å². The number of nitro groups is 1. The molecule has 0 radical (unpaired) electrons. The van der Waals surface area contributed by atoms with Gasteiger partial charge in [0, 0.05) is 6.07 Å². The first-order valence-electron chi connectivity index (χ1n) is 6.82. The highest BCUT2D eigenvalue weighted by atomic mass is 32.2. The Labute approximate surface area is 137 Å². The topological polar surface area (TPSA) is 136 Å². The van der Waals surface area contributed by atoms with Crippen LogP contribution in [0.3, 0.4) is 0 Å². The molecule has 2 atom stereocenters. The number of aliphatic carboxylic acids is 1. The van der Waals surface area contributed by atoms with E-state index in [2.05, 4.69) is 4.74 Å². The quantitative estimate of drug-likeness (QED) is 0.527. The second-order valence-electron chi connectivity index (χ2n) is 5.04. The molecule has 0 fully saturated rings. The maximum absolute atomic E-state index is 13.9. The lowest BCUT2D eigenvalue weighted by Crippen LogP contribution is -2.44. The molecule has 1 rings (SSSR count). The molecule has 134 valence electrons. The van der Waals surface area contributed by atoms with Crippen LogP contribution in [0.2, 0.25) is 0 Å². The second-order valence-corrected chi connectivity index (χ2v) is 6.75. The molecular weight excluding hydrogens is 347 g/mol. The van der Waals surface area contributed by atoms with Gasteiger partial charge in [0.2, 0.25) is 15.8 Å². The van der Waals surface area contributed by atoms with E-state index in [9.17, 15) is 27.7 Å². The van der Waals surface area contributed by atoms with Crippen molar-refractivity contribution in [2.24, 2.45) is 5.92 Å². The highest BCUT2D eigenvalue weighted by molar-refractivity contribution is 7.89. The van der Waals surface area contributed by atoms with Crippen LogP contribution in [0, 0.1) is 21.8 Å². The number of methoxy groups -OCH3 is 1. The highest BCUT2D eigenvalue weighted by Gasteiger charge is 2.32. The van der Waals surface area contributed by atoms with Gasteiger partial charge in [-0.1, -0.05) is 20.3 Å². The first kappa shape index (κ1) is 19.8. The Morgan fingerprint density at radius 2 is 2.08 bits per heavy atom. The third kappa shape index (κ3) is 4.17. The van der Waals surface area contributed by atoms with Crippen LogP contribution in [0.1, 0.15) is 20.3 Å². The molecule has 0 bridgehead atoms. The van der Waals surface area contributed by atoms with Gasteiger partial charge < -0.3 is 9.84 Å². The smallest absolute Gasteiger partial charge is 0.322 e. The summed E-state index contributed by atoms with van der Waals surface area (Å²) >= 11 is 0. The third-order valence-corrected chi connectivity index (χ3v) is 4.89. The van der Waals surface area contributed by atoms with Crippen molar-refractivity contribution in [2.45, 2.75) is 31.2 Å². The molecular formula is C13H17FN2O7S. The standard InChI is InChI=1S/C13H17FN2O7S/c1-4-7(2)11(13(17)18)15-24(21,22)8-5-9(14)12(23-3)10(6-8)16(19)20/h5-7,11,15H,4H2,1-3H3,(H,17,18)/t7-,11-/m0/s1. The predicted octanol–water partition coefficient (Wildman–Crippen LogP) is 1.52. The normalized spacial score (nSPS) is 14.0. The summed E-state index contributed by atoms with van der Waals surface area (Å²) in [6.07, 6.45) is 0.372. The molecule has 9 nitrogen and oxygen atoms in total. The molecule has 2 N–H and O–H groups in total. The Hall–Kier alpha value is -2.27. The first-order chi connectivity index (χ1) is 11.0. The fourth-order valence-electron chi connectivity index (χ4n) is 1.93. The number of halogens is 1. The summed E-state index contributed by atoms with van der Waals surface area (Å²) in [5.74, 6) is -3.91. The van der Waals surface area contributed by atoms with Crippen LogP contribution in [0.15, 0.2) is 17.0 Å². The Morgan fingerprint density at radius 3 is 2.50 bits per heavy atom. The monoisotopic (exact) mass is 364 g/mol.